The summed E-state index contributed by atoms with van der Waals surface area (Å²) in [5.41, 5.74) is 1.44. The van der Waals surface area contributed by atoms with Crippen molar-refractivity contribution in [2.75, 3.05) is 12.1 Å². The van der Waals surface area contributed by atoms with Gasteiger partial charge in [0.05, 0.1) is 16.4 Å². The summed E-state index contributed by atoms with van der Waals surface area (Å²) in [6.45, 7) is 8.21. The van der Waals surface area contributed by atoms with Crippen molar-refractivity contribution in [1.82, 2.24) is 4.98 Å². The third kappa shape index (κ3) is 5.54. The highest BCUT2D eigenvalue weighted by Gasteiger charge is 2.52. The summed E-state index contributed by atoms with van der Waals surface area (Å²) in [7, 11) is 0. The van der Waals surface area contributed by atoms with Gasteiger partial charge in [0.15, 0.2) is 16.6 Å². The molecule has 2 heterocycles. The highest BCUT2D eigenvalue weighted by molar-refractivity contribution is 7.15. The van der Waals surface area contributed by atoms with Crippen LogP contribution in [0.1, 0.15) is 62.6 Å². The van der Waals surface area contributed by atoms with E-state index in [0.717, 1.165) is 28.8 Å². The third-order valence-corrected chi connectivity index (χ3v) is 6.47. The van der Waals surface area contributed by atoms with E-state index in [1.165, 1.54) is 11.3 Å². The van der Waals surface area contributed by atoms with Crippen molar-refractivity contribution in [3.8, 4) is 11.5 Å². The Morgan fingerprint density at radius 3 is 2.48 bits per heavy atom. The molecule has 3 aromatic rings. The maximum atomic E-state index is 13.0. The molecular formula is C26H32N2O4S. The lowest BCUT2D eigenvalue weighted by Gasteiger charge is -2.15. The highest BCUT2D eigenvalue weighted by atomic mass is 32.1. The van der Waals surface area contributed by atoms with E-state index in [2.05, 4.69) is 10.3 Å². The molecule has 1 aliphatic carbocycles. The zero-order valence-electron chi connectivity index (χ0n) is 19.6. The molecule has 0 saturated heterocycles. The number of hydrogen-bond donors (Lipinski definition) is 2. The fourth-order valence-corrected chi connectivity index (χ4v) is 4.42. The summed E-state index contributed by atoms with van der Waals surface area (Å²) >= 11 is 1.31. The number of benzene rings is 2. The molecule has 2 N–H and O–H groups in total. The van der Waals surface area contributed by atoms with Gasteiger partial charge in [0.1, 0.15) is 0 Å². The number of aliphatic hydroxyl groups is 1. The number of carbonyl (C=O) groups excluding carboxylic acids is 1. The van der Waals surface area contributed by atoms with Gasteiger partial charge in [-0.05, 0) is 36.1 Å². The van der Waals surface area contributed by atoms with Gasteiger partial charge in [0.2, 0.25) is 12.7 Å². The Bertz CT molecular complexity index is 1050. The first-order valence-corrected chi connectivity index (χ1v) is 12.3. The van der Waals surface area contributed by atoms with Crippen LogP contribution in [0.5, 0.6) is 11.5 Å². The third-order valence-electron chi connectivity index (χ3n) is 5.45. The van der Waals surface area contributed by atoms with Crippen LogP contribution < -0.4 is 14.8 Å². The number of anilines is 1. The van der Waals surface area contributed by atoms with Gasteiger partial charge in [0, 0.05) is 12.6 Å². The summed E-state index contributed by atoms with van der Waals surface area (Å²) in [6, 6.07) is 15.5. The zero-order valence-corrected chi connectivity index (χ0v) is 20.4. The molecule has 0 radical (unpaired) electrons. The van der Waals surface area contributed by atoms with Gasteiger partial charge in [-0.3, -0.25) is 4.79 Å². The second-order valence-electron chi connectivity index (χ2n) is 7.38. The number of aliphatic hydroxyl groups excluding tert-OH is 1. The predicted octanol–water partition coefficient (Wildman–Crippen LogP) is 5.87. The molecule has 5 rings (SSSR count). The minimum Gasteiger partial charge on any atom is -0.454 e. The number of fused-ring (bicyclic) bond motifs is 1. The molecule has 0 bridgehead atoms. The van der Waals surface area contributed by atoms with Crippen LogP contribution in [-0.2, 0) is 16.6 Å². The Morgan fingerprint density at radius 1 is 1.09 bits per heavy atom. The number of hydrogen-bond acceptors (Lipinski definition) is 6. The Balaban J connectivity index is 0.000000728. The van der Waals surface area contributed by atoms with E-state index in [0.29, 0.717) is 23.1 Å². The fraction of sp³-hybridized carbons (Fsp3) is 0.385. The second kappa shape index (κ2) is 11.3. The van der Waals surface area contributed by atoms with Crippen molar-refractivity contribution in [1.29, 1.82) is 0 Å². The van der Waals surface area contributed by atoms with Gasteiger partial charge in [-0.15, -0.1) is 0 Å². The molecule has 1 saturated carbocycles. The molecule has 6 nitrogen and oxygen atoms in total. The number of carbonyl (C=O) groups is 1. The zero-order chi connectivity index (χ0) is 23.8. The molecule has 1 aromatic heterocycles. The van der Waals surface area contributed by atoms with E-state index < -0.39 is 11.5 Å². The van der Waals surface area contributed by atoms with Crippen LogP contribution in [0.25, 0.3) is 0 Å². The predicted molar refractivity (Wildman–Crippen MR) is 132 cm³/mol. The first-order chi connectivity index (χ1) is 16.1. The van der Waals surface area contributed by atoms with E-state index in [1.54, 1.807) is 6.20 Å². The minimum atomic E-state index is -0.649. The molecule has 1 atom stereocenters. The normalized spacial score (nSPS) is 15.3. The topological polar surface area (TPSA) is 80.7 Å². The van der Waals surface area contributed by atoms with Gasteiger partial charge < -0.3 is 19.9 Å². The molecule has 1 aliphatic heterocycles. The summed E-state index contributed by atoms with van der Waals surface area (Å²) in [5, 5.41) is 13.9. The van der Waals surface area contributed by atoms with Crippen molar-refractivity contribution in [3.63, 3.8) is 0 Å². The number of thiazole rings is 1. The highest BCUT2D eigenvalue weighted by Crippen LogP contribution is 2.51. The number of ether oxygens (including phenoxy) is 2. The van der Waals surface area contributed by atoms with Crippen molar-refractivity contribution in [2.45, 2.75) is 58.5 Å². The minimum absolute atomic E-state index is 0.0742. The number of nitrogens with zero attached hydrogens (tertiary/aromatic N) is 1. The van der Waals surface area contributed by atoms with Crippen LogP contribution in [0.2, 0.25) is 0 Å². The van der Waals surface area contributed by atoms with Gasteiger partial charge in [-0.2, -0.15) is 0 Å². The maximum absolute atomic E-state index is 13.0. The number of nitrogens with one attached hydrogen (secondary N) is 1. The molecule has 1 unspecified atom stereocenters. The van der Waals surface area contributed by atoms with Crippen molar-refractivity contribution < 1.29 is 19.4 Å². The first-order valence-electron chi connectivity index (χ1n) is 11.5. The molecule has 1 amide bonds. The largest absolute Gasteiger partial charge is 0.454 e. The molecule has 2 aliphatic rings. The summed E-state index contributed by atoms with van der Waals surface area (Å²) in [6.07, 6.45) is 3.07. The molecule has 176 valence electrons. The monoisotopic (exact) mass is 468 g/mol. The number of amides is 1. The van der Waals surface area contributed by atoms with Crippen LogP contribution in [0, 0.1) is 0 Å². The van der Waals surface area contributed by atoms with Crippen LogP contribution in [0.3, 0.4) is 0 Å². The van der Waals surface area contributed by atoms with E-state index in [1.807, 2.05) is 76.2 Å². The SMILES string of the molecule is CC.CC.O=C(Nc1ncc(C(O)Cc2ccccc2)s1)C1(c2ccc3c(c2)OCO3)CC1. The lowest BCUT2D eigenvalue weighted by Crippen LogP contribution is -2.27. The molecule has 1 fully saturated rings. The molecule has 0 spiro atoms. The summed E-state index contributed by atoms with van der Waals surface area (Å²) in [5.74, 6) is 1.32. The Labute approximate surface area is 199 Å². The molecule has 2 aromatic carbocycles. The van der Waals surface area contributed by atoms with E-state index >= 15 is 0 Å². The average Bonchev–Trinajstić information content (AvgIpc) is 3.31. The lowest BCUT2D eigenvalue weighted by molar-refractivity contribution is -0.118. The molecular weight excluding hydrogens is 436 g/mol. The van der Waals surface area contributed by atoms with Crippen LogP contribution in [0.4, 0.5) is 5.13 Å². The molecule has 33 heavy (non-hydrogen) atoms. The standard InChI is InChI=1S/C22H20N2O4S.2C2H6/c25-16(10-14-4-2-1-3-5-14)19-12-23-21(29-19)24-20(26)22(8-9-22)15-6-7-17-18(11-15)28-13-27-17;2*1-2/h1-7,11-12,16,25H,8-10,13H2,(H,23,24,26);2*1-2H3. The van der Waals surface area contributed by atoms with Gasteiger partial charge >= 0.3 is 0 Å². The number of aromatic nitrogens is 1. The van der Waals surface area contributed by atoms with Crippen molar-refractivity contribution >= 4 is 22.4 Å². The van der Waals surface area contributed by atoms with Crippen LogP contribution in [0.15, 0.2) is 54.7 Å². The van der Waals surface area contributed by atoms with Gasteiger partial charge in [-0.1, -0.05) is 75.4 Å². The lowest BCUT2D eigenvalue weighted by atomic mass is 9.94. The maximum Gasteiger partial charge on any atom is 0.236 e. The Morgan fingerprint density at radius 2 is 1.79 bits per heavy atom. The summed E-state index contributed by atoms with van der Waals surface area (Å²) < 4.78 is 10.8. The summed E-state index contributed by atoms with van der Waals surface area (Å²) in [4.78, 5) is 18.0. The van der Waals surface area contributed by atoms with E-state index in [-0.39, 0.29) is 12.7 Å². The fourth-order valence-electron chi connectivity index (χ4n) is 3.62. The Hall–Kier alpha value is -2.90. The van der Waals surface area contributed by atoms with E-state index in [4.69, 9.17) is 9.47 Å². The average molecular weight is 469 g/mol. The van der Waals surface area contributed by atoms with Crippen LogP contribution >= 0.6 is 11.3 Å². The van der Waals surface area contributed by atoms with Crippen molar-refractivity contribution in [2.24, 2.45) is 0 Å². The van der Waals surface area contributed by atoms with Crippen LogP contribution in [-0.4, -0.2) is 22.8 Å². The van der Waals surface area contributed by atoms with Crippen molar-refractivity contribution in [3.05, 3.63) is 70.7 Å². The first kappa shape index (κ1) is 24.7. The Kier molecular flexibility index (Phi) is 8.47. The van der Waals surface area contributed by atoms with E-state index in [9.17, 15) is 9.90 Å². The quantitative estimate of drug-likeness (QED) is 0.473. The van der Waals surface area contributed by atoms with Gasteiger partial charge in [-0.25, -0.2) is 4.98 Å². The second-order valence-corrected chi connectivity index (χ2v) is 8.44. The van der Waals surface area contributed by atoms with Gasteiger partial charge in [0.25, 0.3) is 0 Å². The smallest absolute Gasteiger partial charge is 0.236 e. The number of rotatable bonds is 6. The molecule has 7 heteroatoms.